The van der Waals surface area contributed by atoms with E-state index in [1.54, 1.807) is 22.3 Å². The molecule has 2 aromatic rings. The molecule has 0 saturated carbocycles. The van der Waals surface area contributed by atoms with E-state index in [1.165, 1.54) is 6.26 Å². The first-order valence-electron chi connectivity index (χ1n) is 6.27. The Balaban J connectivity index is 1.70. The van der Waals surface area contributed by atoms with Gasteiger partial charge in [0.05, 0.1) is 6.54 Å². The fourth-order valence-corrected chi connectivity index (χ4v) is 2.96. The van der Waals surface area contributed by atoms with Crippen LogP contribution in [-0.4, -0.2) is 27.9 Å². The van der Waals surface area contributed by atoms with Crippen LogP contribution in [0.15, 0.2) is 34.4 Å². The van der Waals surface area contributed by atoms with E-state index in [-0.39, 0.29) is 11.8 Å². The molecule has 1 fully saturated rings. The van der Waals surface area contributed by atoms with Gasteiger partial charge in [-0.15, -0.1) is 11.3 Å². The second-order valence-electron chi connectivity index (χ2n) is 4.53. The molecule has 0 spiro atoms. The first kappa shape index (κ1) is 12.9. The maximum atomic E-state index is 12.2. The highest BCUT2D eigenvalue weighted by Gasteiger charge is 2.36. The van der Waals surface area contributed by atoms with Crippen LogP contribution in [0, 0.1) is 0 Å². The van der Waals surface area contributed by atoms with Gasteiger partial charge in [-0.2, -0.15) is 0 Å². The minimum absolute atomic E-state index is 0.0127. The van der Waals surface area contributed by atoms with Crippen LogP contribution in [0.4, 0.5) is 5.82 Å². The summed E-state index contributed by atoms with van der Waals surface area (Å²) in [5, 5.41) is 8.26. The van der Waals surface area contributed by atoms with Crippen LogP contribution in [0.3, 0.4) is 0 Å². The van der Waals surface area contributed by atoms with Crippen molar-refractivity contribution in [1.29, 1.82) is 0 Å². The number of aromatic nitrogens is 1. The van der Waals surface area contributed by atoms with Gasteiger partial charge in [0.25, 0.3) is 0 Å². The SMILES string of the molecule is O=C(Nc1ccon1)[C@H]1CCC(=O)N1Cc1cccs1. The fourth-order valence-electron chi connectivity index (χ4n) is 2.26. The Labute approximate surface area is 119 Å². The summed E-state index contributed by atoms with van der Waals surface area (Å²) in [6.45, 7) is 0.480. The topological polar surface area (TPSA) is 75.4 Å². The highest BCUT2D eigenvalue weighted by Crippen LogP contribution is 2.24. The van der Waals surface area contributed by atoms with Crippen molar-refractivity contribution >= 4 is 29.0 Å². The predicted molar refractivity (Wildman–Crippen MR) is 73.0 cm³/mol. The van der Waals surface area contributed by atoms with Gasteiger partial charge in [-0.1, -0.05) is 11.2 Å². The van der Waals surface area contributed by atoms with Crippen molar-refractivity contribution < 1.29 is 14.1 Å². The third kappa shape index (κ3) is 2.57. The van der Waals surface area contributed by atoms with E-state index in [0.717, 1.165) is 4.88 Å². The molecule has 0 unspecified atom stereocenters. The third-order valence-corrected chi connectivity index (χ3v) is 4.09. The molecule has 2 amide bonds. The van der Waals surface area contributed by atoms with Gasteiger partial charge in [0.15, 0.2) is 5.82 Å². The fraction of sp³-hybridized carbons (Fsp3) is 0.308. The predicted octanol–water partition coefficient (Wildman–Crippen LogP) is 1.87. The van der Waals surface area contributed by atoms with Gasteiger partial charge >= 0.3 is 0 Å². The molecule has 2 aromatic heterocycles. The van der Waals surface area contributed by atoms with Crippen LogP contribution in [0.5, 0.6) is 0 Å². The minimum Gasteiger partial charge on any atom is -0.363 e. The number of nitrogens with zero attached hydrogens (tertiary/aromatic N) is 2. The second kappa shape index (κ2) is 5.46. The summed E-state index contributed by atoms with van der Waals surface area (Å²) in [4.78, 5) is 26.8. The van der Waals surface area contributed by atoms with Crippen LogP contribution in [-0.2, 0) is 16.1 Å². The van der Waals surface area contributed by atoms with E-state index >= 15 is 0 Å². The smallest absolute Gasteiger partial charge is 0.248 e. The zero-order valence-corrected chi connectivity index (χ0v) is 11.4. The number of carbonyl (C=O) groups excluding carboxylic acids is 2. The molecule has 1 saturated heterocycles. The third-order valence-electron chi connectivity index (χ3n) is 3.23. The van der Waals surface area contributed by atoms with Crippen molar-refractivity contribution in [1.82, 2.24) is 10.1 Å². The summed E-state index contributed by atoms with van der Waals surface area (Å²) in [5.74, 6) is 0.158. The zero-order chi connectivity index (χ0) is 13.9. The Morgan fingerprint density at radius 1 is 1.55 bits per heavy atom. The molecule has 3 rings (SSSR count). The number of anilines is 1. The molecular weight excluding hydrogens is 278 g/mol. The summed E-state index contributed by atoms with van der Waals surface area (Å²) < 4.78 is 4.67. The van der Waals surface area contributed by atoms with Crippen LogP contribution >= 0.6 is 11.3 Å². The summed E-state index contributed by atoms with van der Waals surface area (Å²) in [7, 11) is 0. The van der Waals surface area contributed by atoms with E-state index in [4.69, 9.17) is 0 Å². The standard InChI is InChI=1S/C13H13N3O3S/c17-12-4-3-10(13(18)14-11-5-6-19-15-11)16(12)8-9-2-1-7-20-9/h1-2,5-7,10H,3-4,8H2,(H,14,15,18)/t10-/m1/s1. The number of hydrogen-bond donors (Lipinski definition) is 1. The average molecular weight is 291 g/mol. The molecule has 0 aromatic carbocycles. The summed E-state index contributed by atoms with van der Waals surface area (Å²) in [5.41, 5.74) is 0. The highest BCUT2D eigenvalue weighted by molar-refractivity contribution is 7.09. The summed E-state index contributed by atoms with van der Waals surface area (Å²) >= 11 is 1.58. The normalized spacial score (nSPS) is 18.5. The van der Waals surface area contributed by atoms with E-state index < -0.39 is 6.04 Å². The van der Waals surface area contributed by atoms with Crippen molar-refractivity contribution in [2.45, 2.75) is 25.4 Å². The van der Waals surface area contributed by atoms with E-state index in [2.05, 4.69) is 15.0 Å². The molecule has 1 aliphatic rings. The molecule has 1 aliphatic heterocycles. The Morgan fingerprint density at radius 2 is 2.45 bits per heavy atom. The van der Waals surface area contributed by atoms with Gasteiger partial charge in [-0.25, -0.2) is 0 Å². The molecular formula is C13H13N3O3S. The Kier molecular flexibility index (Phi) is 3.51. The van der Waals surface area contributed by atoms with E-state index in [9.17, 15) is 9.59 Å². The lowest BCUT2D eigenvalue weighted by Crippen LogP contribution is -2.41. The molecule has 20 heavy (non-hydrogen) atoms. The lowest BCUT2D eigenvalue weighted by atomic mass is 10.2. The Hall–Kier alpha value is -2.15. The molecule has 0 radical (unpaired) electrons. The van der Waals surface area contributed by atoms with Gasteiger partial charge < -0.3 is 14.7 Å². The van der Waals surface area contributed by atoms with Gasteiger partial charge in [0.2, 0.25) is 11.8 Å². The summed E-state index contributed by atoms with van der Waals surface area (Å²) in [6.07, 6.45) is 2.33. The second-order valence-corrected chi connectivity index (χ2v) is 5.56. The first-order valence-corrected chi connectivity index (χ1v) is 7.15. The maximum Gasteiger partial charge on any atom is 0.248 e. The number of carbonyl (C=O) groups is 2. The van der Waals surface area contributed by atoms with Crippen molar-refractivity contribution in [3.8, 4) is 0 Å². The van der Waals surface area contributed by atoms with E-state index in [1.807, 2.05) is 17.5 Å². The van der Waals surface area contributed by atoms with Crippen molar-refractivity contribution in [2.24, 2.45) is 0 Å². The number of amides is 2. The van der Waals surface area contributed by atoms with Crippen molar-refractivity contribution in [3.63, 3.8) is 0 Å². The van der Waals surface area contributed by atoms with Crippen LogP contribution in [0.1, 0.15) is 17.7 Å². The lowest BCUT2D eigenvalue weighted by molar-refractivity contribution is -0.133. The van der Waals surface area contributed by atoms with Gasteiger partial charge in [-0.05, 0) is 17.9 Å². The molecule has 6 nitrogen and oxygen atoms in total. The quantitative estimate of drug-likeness (QED) is 0.933. The molecule has 1 atom stereocenters. The number of rotatable bonds is 4. The zero-order valence-electron chi connectivity index (χ0n) is 10.6. The monoisotopic (exact) mass is 291 g/mol. The molecule has 0 aliphatic carbocycles. The van der Waals surface area contributed by atoms with Crippen molar-refractivity contribution in [2.75, 3.05) is 5.32 Å². The summed E-state index contributed by atoms with van der Waals surface area (Å²) in [6, 6.07) is 5.02. The highest BCUT2D eigenvalue weighted by atomic mass is 32.1. The number of nitrogens with one attached hydrogen (secondary N) is 1. The average Bonchev–Trinajstić information content (AvgIpc) is 3.14. The van der Waals surface area contributed by atoms with Gasteiger partial charge in [-0.3, -0.25) is 9.59 Å². The molecule has 3 heterocycles. The Morgan fingerprint density at radius 3 is 3.15 bits per heavy atom. The first-order chi connectivity index (χ1) is 9.74. The minimum atomic E-state index is -0.443. The van der Waals surface area contributed by atoms with Crippen molar-refractivity contribution in [3.05, 3.63) is 34.7 Å². The number of thiophene rings is 1. The molecule has 104 valence electrons. The maximum absolute atomic E-state index is 12.2. The van der Waals surface area contributed by atoms with Gasteiger partial charge in [0, 0.05) is 17.4 Å². The van der Waals surface area contributed by atoms with E-state index in [0.29, 0.717) is 25.2 Å². The van der Waals surface area contributed by atoms with Crippen LogP contribution in [0.25, 0.3) is 0 Å². The number of hydrogen-bond acceptors (Lipinski definition) is 5. The van der Waals surface area contributed by atoms with Crippen LogP contribution in [0.2, 0.25) is 0 Å². The van der Waals surface area contributed by atoms with Gasteiger partial charge in [0.1, 0.15) is 12.3 Å². The lowest BCUT2D eigenvalue weighted by Gasteiger charge is -2.23. The molecule has 7 heteroatoms. The molecule has 0 bridgehead atoms. The largest absolute Gasteiger partial charge is 0.363 e. The Bertz CT molecular complexity index is 594. The van der Waals surface area contributed by atoms with Crippen LogP contribution < -0.4 is 5.32 Å². The molecule has 1 N–H and O–H groups in total. The number of likely N-dealkylation sites (tertiary alicyclic amines) is 1.